The van der Waals surface area contributed by atoms with Crippen molar-refractivity contribution in [3.63, 3.8) is 0 Å². The number of carbonyl (C=O) groups is 1. The first-order valence-electron chi connectivity index (χ1n) is 11.4. The van der Waals surface area contributed by atoms with Crippen molar-refractivity contribution in [1.29, 1.82) is 0 Å². The molecule has 6 heteroatoms. The molecule has 0 unspecified atom stereocenters. The standard InChI is InChI=1S/C29H27NO4S/c1-4-33-29(32)26-27(31)25(35-28(26)30-23-12-8-19(2)9-13-23)17-21-10-14-24(15-11-21)34-18-22-7-5-6-20(3)16-22/h5-17,31H,4,18H2,1-3H3/b25-17+,30-28?. The van der Waals surface area contributed by atoms with Crippen LogP contribution in [-0.2, 0) is 16.1 Å². The lowest BCUT2D eigenvalue weighted by atomic mass is 10.1. The summed E-state index contributed by atoms with van der Waals surface area (Å²) in [4.78, 5) is 17.7. The number of hydrogen-bond donors (Lipinski definition) is 1. The van der Waals surface area contributed by atoms with Gasteiger partial charge in [-0.15, -0.1) is 0 Å². The highest BCUT2D eigenvalue weighted by atomic mass is 32.2. The molecule has 3 aromatic carbocycles. The van der Waals surface area contributed by atoms with Crippen LogP contribution >= 0.6 is 11.8 Å². The predicted molar refractivity (Wildman–Crippen MR) is 142 cm³/mol. The van der Waals surface area contributed by atoms with E-state index in [-0.39, 0.29) is 17.9 Å². The van der Waals surface area contributed by atoms with E-state index in [1.807, 2.05) is 73.7 Å². The number of aliphatic imine (C=N–C) groups is 1. The molecule has 1 N–H and O–H groups in total. The van der Waals surface area contributed by atoms with Crippen LogP contribution in [0.4, 0.5) is 5.69 Å². The molecular formula is C29H27NO4S. The van der Waals surface area contributed by atoms with E-state index in [1.54, 1.807) is 6.92 Å². The maximum atomic E-state index is 12.6. The fraction of sp³-hybridized carbons (Fsp3) is 0.172. The smallest absolute Gasteiger partial charge is 0.344 e. The van der Waals surface area contributed by atoms with Crippen LogP contribution in [0.3, 0.4) is 0 Å². The highest BCUT2D eigenvalue weighted by Crippen LogP contribution is 2.40. The van der Waals surface area contributed by atoms with E-state index in [0.717, 1.165) is 22.4 Å². The second kappa shape index (κ2) is 11.1. The normalized spacial score (nSPS) is 15.6. The van der Waals surface area contributed by atoms with Gasteiger partial charge in [-0.25, -0.2) is 9.79 Å². The maximum absolute atomic E-state index is 12.6. The molecular weight excluding hydrogens is 458 g/mol. The van der Waals surface area contributed by atoms with Gasteiger partial charge in [0, 0.05) is 0 Å². The first kappa shape index (κ1) is 24.4. The Hall–Kier alpha value is -3.77. The number of hydrogen-bond acceptors (Lipinski definition) is 6. The van der Waals surface area contributed by atoms with Gasteiger partial charge in [0.2, 0.25) is 0 Å². The average Bonchev–Trinajstić information content (AvgIpc) is 3.14. The zero-order chi connectivity index (χ0) is 24.8. The lowest BCUT2D eigenvalue weighted by Gasteiger charge is -2.07. The van der Waals surface area contributed by atoms with Gasteiger partial charge in [-0.05, 0) is 62.2 Å². The third-order valence-electron chi connectivity index (χ3n) is 5.30. The number of aryl methyl sites for hydroxylation is 2. The highest BCUT2D eigenvalue weighted by molar-refractivity contribution is 8.18. The molecule has 4 rings (SSSR count). The van der Waals surface area contributed by atoms with E-state index >= 15 is 0 Å². The Morgan fingerprint density at radius 2 is 1.74 bits per heavy atom. The first-order chi connectivity index (χ1) is 16.9. The lowest BCUT2D eigenvalue weighted by molar-refractivity contribution is -0.138. The number of benzene rings is 3. The molecule has 0 spiro atoms. The van der Waals surface area contributed by atoms with Gasteiger partial charge in [0.25, 0.3) is 0 Å². The number of carbonyl (C=O) groups excluding carboxylic acids is 1. The van der Waals surface area contributed by atoms with E-state index in [4.69, 9.17) is 9.47 Å². The summed E-state index contributed by atoms with van der Waals surface area (Å²) in [6, 6.07) is 23.4. The minimum atomic E-state index is -0.591. The van der Waals surface area contributed by atoms with Crippen molar-refractivity contribution in [2.75, 3.05) is 6.61 Å². The van der Waals surface area contributed by atoms with Gasteiger partial charge < -0.3 is 14.6 Å². The topological polar surface area (TPSA) is 68.1 Å². The minimum Gasteiger partial charge on any atom is -0.506 e. The summed E-state index contributed by atoms with van der Waals surface area (Å²) >= 11 is 1.24. The van der Waals surface area contributed by atoms with Crippen LogP contribution in [-0.4, -0.2) is 22.7 Å². The number of ether oxygens (including phenoxy) is 2. The Morgan fingerprint density at radius 1 is 1.00 bits per heavy atom. The van der Waals surface area contributed by atoms with Gasteiger partial charge in [-0.2, -0.15) is 0 Å². The summed E-state index contributed by atoms with van der Waals surface area (Å²) in [7, 11) is 0. The van der Waals surface area contributed by atoms with Crippen molar-refractivity contribution in [3.8, 4) is 5.75 Å². The van der Waals surface area contributed by atoms with Crippen LogP contribution in [0, 0.1) is 13.8 Å². The Kier molecular flexibility index (Phi) is 7.73. The largest absolute Gasteiger partial charge is 0.506 e. The van der Waals surface area contributed by atoms with E-state index in [2.05, 4.69) is 24.0 Å². The molecule has 0 saturated carbocycles. The van der Waals surface area contributed by atoms with Crippen LogP contribution in [0.15, 0.2) is 94.0 Å². The Morgan fingerprint density at radius 3 is 2.43 bits per heavy atom. The van der Waals surface area contributed by atoms with E-state index in [9.17, 15) is 9.90 Å². The summed E-state index contributed by atoms with van der Waals surface area (Å²) in [6.07, 6.45) is 1.82. The Balaban J connectivity index is 1.55. The van der Waals surface area contributed by atoms with Crippen molar-refractivity contribution in [2.24, 2.45) is 4.99 Å². The van der Waals surface area contributed by atoms with Crippen LogP contribution in [0.1, 0.15) is 29.2 Å². The quantitative estimate of drug-likeness (QED) is 0.362. The number of aliphatic hydroxyl groups is 1. The van der Waals surface area contributed by atoms with Gasteiger partial charge in [0.05, 0.1) is 17.2 Å². The summed E-state index contributed by atoms with van der Waals surface area (Å²) in [5.41, 5.74) is 5.07. The third-order valence-corrected chi connectivity index (χ3v) is 6.32. The van der Waals surface area contributed by atoms with Gasteiger partial charge >= 0.3 is 5.97 Å². The van der Waals surface area contributed by atoms with E-state index in [1.165, 1.54) is 17.3 Å². The molecule has 178 valence electrons. The number of thioether (sulfide) groups is 1. The molecule has 0 radical (unpaired) electrons. The molecule has 0 saturated heterocycles. The predicted octanol–water partition coefficient (Wildman–Crippen LogP) is 7.08. The van der Waals surface area contributed by atoms with Crippen LogP contribution in [0.5, 0.6) is 5.75 Å². The van der Waals surface area contributed by atoms with Crippen LogP contribution < -0.4 is 4.74 Å². The molecule has 5 nitrogen and oxygen atoms in total. The van der Waals surface area contributed by atoms with Crippen molar-refractivity contribution < 1.29 is 19.4 Å². The van der Waals surface area contributed by atoms with Crippen molar-refractivity contribution >= 4 is 34.5 Å². The van der Waals surface area contributed by atoms with Gasteiger partial charge in [0.15, 0.2) is 0 Å². The number of esters is 1. The second-order valence-electron chi connectivity index (χ2n) is 8.15. The van der Waals surface area contributed by atoms with Crippen molar-refractivity contribution in [3.05, 3.63) is 111 Å². The third kappa shape index (κ3) is 6.22. The fourth-order valence-corrected chi connectivity index (χ4v) is 4.54. The average molecular weight is 486 g/mol. The zero-order valence-corrected chi connectivity index (χ0v) is 20.8. The molecule has 1 aliphatic rings. The second-order valence-corrected chi connectivity index (χ2v) is 9.18. The van der Waals surface area contributed by atoms with Crippen molar-refractivity contribution in [2.45, 2.75) is 27.4 Å². The maximum Gasteiger partial charge on any atom is 0.344 e. The van der Waals surface area contributed by atoms with E-state index < -0.39 is 5.97 Å². The first-order valence-corrected chi connectivity index (χ1v) is 12.2. The molecule has 3 aromatic rings. The minimum absolute atomic E-state index is 0.0850. The molecule has 0 fully saturated rings. The lowest BCUT2D eigenvalue weighted by Crippen LogP contribution is -2.12. The summed E-state index contributed by atoms with van der Waals surface area (Å²) in [5.74, 6) is 0.0343. The van der Waals surface area contributed by atoms with Crippen LogP contribution in [0.2, 0.25) is 0 Å². The zero-order valence-electron chi connectivity index (χ0n) is 19.9. The molecule has 1 heterocycles. The Bertz CT molecular complexity index is 1310. The Labute approximate surface area is 209 Å². The molecule has 0 bridgehead atoms. The molecule has 0 atom stereocenters. The number of rotatable bonds is 7. The fourth-order valence-electron chi connectivity index (χ4n) is 3.51. The molecule has 0 aromatic heterocycles. The molecule has 1 aliphatic heterocycles. The molecule has 35 heavy (non-hydrogen) atoms. The molecule has 0 aliphatic carbocycles. The highest BCUT2D eigenvalue weighted by Gasteiger charge is 2.33. The summed E-state index contributed by atoms with van der Waals surface area (Å²) in [5, 5.41) is 11.3. The number of aliphatic hydroxyl groups excluding tert-OH is 1. The number of nitrogens with zero attached hydrogens (tertiary/aromatic N) is 1. The summed E-state index contributed by atoms with van der Waals surface area (Å²) < 4.78 is 11.1. The van der Waals surface area contributed by atoms with Gasteiger partial charge in [-0.3, -0.25) is 0 Å². The van der Waals surface area contributed by atoms with Gasteiger partial charge in [-0.1, -0.05) is 71.4 Å². The van der Waals surface area contributed by atoms with Crippen molar-refractivity contribution in [1.82, 2.24) is 0 Å². The molecule has 0 amide bonds. The monoisotopic (exact) mass is 485 g/mol. The van der Waals surface area contributed by atoms with Crippen LogP contribution in [0.25, 0.3) is 6.08 Å². The van der Waals surface area contributed by atoms with E-state index in [0.29, 0.717) is 22.2 Å². The van der Waals surface area contributed by atoms with Gasteiger partial charge in [0.1, 0.15) is 28.7 Å². The SMILES string of the molecule is CCOC(=O)C1=C(O)/C(=C\c2ccc(OCc3cccc(C)c3)cc2)SC1=Nc1ccc(C)cc1. The summed E-state index contributed by atoms with van der Waals surface area (Å²) in [6.45, 7) is 6.48.